The van der Waals surface area contributed by atoms with Crippen LogP contribution in [0.4, 0.5) is 9.18 Å². The van der Waals surface area contributed by atoms with Gasteiger partial charge in [-0.3, -0.25) is 4.79 Å². The molecule has 5 nitrogen and oxygen atoms in total. The van der Waals surface area contributed by atoms with Crippen molar-refractivity contribution in [2.45, 2.75) is 33.4 Å². The highest BCUT2D eigenvalue weighted by molar-refractivity contribution is 6.35. The van der Waals surface area contributed by atoms with Crippen molar-refractivity contribution in [1.82, 2.24) is 15.5 Å². The molecule has 2 aromatic rings. The highest BCUT2D eigenvalue weighted by Gasteiger charge is 2.16. The van der Waals surface area contributed by atoms with E-state index < -0.39 is 17.9 Å². The third-order valence-electron chi connectivity index (χ3n) is 4.56. The SMILES string of the molecule is CCN(CC)C(=O)c1ccc(CNC(=O)NC(C)c2cc(F)c(Cl)cc2Cl)cc1. The first-order chi connectivity index (χ1) is 13.8. The van der Waals surface area contributed by atoms with Crippen LogP contribution in [0.2, 0.25) is 10.0 Å². The summed E-state index contributed by atoms with van der Waals surface area (Å²) < 4.78 is 13.7. The minimum atomic E-state index is -0.598. The maximum Gasteiger partial charge on any atom is 0.315 e. The second-order valence-electron chi connectivity index (χ2n) is 6.51. The summed E-state index contributed by atoms with van der Waals surface area (Å²) in [6.07, 6.45) is 0. The number of urea groups is 1. The first-order valence-electron chi connectivity index (χ1n) is 9.33. The Bertz CT molecular complexity index is 871. The van der Waals surface area contributed by atoms with Crippen molar-refractivity contribution in [3.63, 3.8) is 0 Å². The van der Waals surface area contributed by atoms with Crippen LogP contribution in [0.5, 0.6) is 0 Å². The van der Waals surface area contributed by atoms with Gasteiger partial charge >= 0.3 is 6.03 Å². The molecule has 1 unspecified atom stereocenters. The number of hydrogen-bond acceptors (Lipinski definition) is 2. The summed E-state index contributed by atoms with van der Waals surface area (Å²) in [5, 5.41) is 5.64. The smallest absolute Gasteiger partial charge is 0.315 e. The van der Waals surface area contributed by atoms with E-state index in [-0.39, 0.29) is 22.5 Å². The fourth-order valence-electron chi connectivity index (χ4n) is 2.84. The Labute approximate surface area is 180 Å². The van der Waals surface area contributed by atoms with Gasteiger partial charge < -0.3 is 15.5 Å². The number of carbonyl (C=O) groups excluding carboxylic acids is 2. The number of amides is 3. The number of carbonyl (C=O) groups is 2. The number of nitrogens with one attached hydrogen (secondary N) is 2. The first-order valence-corrected chi connectivity index (χ1v) is 10.1. The summed E-state index contributed by atoms with van der Waals surface area (Å²) in [5.74, 6) is -0.618. The molecule has 0 aliphatic heterocycles. The molecule has 0 fully saturated rings. The second-order valence-corrected chi connectivity index (χ2v) is 7.33. The molecule has 0 saturated heterocycles. The van der Waals surface area contributed by atoms with Gasteiger partial charge in [0.1, 0.15) is 5.82 Å². The standard InChI is InChI=1S/C21H24Cl2FN3O2/c1-4-27(5-2)20(28)15-8-6-14(7-9-15)12-25-21(29)26-13(3)16-10-19(24)18(23)11-17(16)22/h6-11,13H,4-5,12H2,1-3H3,(H2,25,26,29). The van der Waals surface area contributed by atoms with Crippen molar-refractivity contribution < 1.29 is 14.0 Å². The summed E-state index contributed by atoms with van der Waals surface area (Å²) in [5.41, 5.74) is 1.89. The van der Waals surface area contributed by atoms with E-state index in [4.69, 9.17) is 23.2 Å². The van der Waals surface area contributed by atoms with Gasteiger partial charge in [-0.05, 0) is 56.2 Å². The Balaban J connectivity index is 1.92. The topological polar surface area (TPSA) is 61.4 Å². The van der Waals surface area contributed by atoms with Crippen LogP contribution >= 0.6 is 23.2 Å². The van der Waals surface area contributed by atoms with Crippen LogP contribution in [0.1, 0.15) is 48.3 Å². The van der Waals surface area contributed by atoms with E-state index >= 15 is 0 Å². The Morgan fingerprint density at radius 2 is 1.69 bits per heavy atom. The van der Waals surface area contributed by atoms with E-state index in [0.29, 0.717) is 24.2 Å². The molecule has 2 aromatic carbocycles. The Hall–Kier alpha value is -2.31. The maximum atomic E-state index is 13.7. The van der Waals surface area contributed by atoms with Crippen molar-refractivity contribution in [2.75, 3.05) is 13.1 Å². The fraction of sp³-hybridized carbons (Fsp3) is 0.333. The quantitative estimate of drug-likeness (QED) is 0.584. The lowest BCUT2D eigenvalue weighted by molar-refractivity contribution is 0.0773. The second kappa shape index (κ2) is 10.5. The largest absolute Gasteiger partial charge is 0.339 e. The van der Waals surface area contributed by atoms with Gasteiger partial charge in [-0.15, -0.1) is 0 Å². The predicted octanol–water partition coefficient (Wildman–Crippen LogP) is 5.17. The Kier molecular flexibility index (Phi) is 8.29. The molecular weight excluding hydrogens is 416 g/mol. The van der Waals surface area contributed by atoms with Crippen molar-refractivity contribution in [1.29, 1.82) is 0 Å². The van der Waals surface area contributed by atoms with Crippen LogP contribution in [0.25, 0.3) is 0 Å². The van der Waals surface area contributed by atoms with Crippen LogP contribution in [0, 0.1) is 5.82 Å². The van der Waals surface area contributed by atoms with Gasteiger partial charge in [0.05, 0.1) is 11.1 Å². The summed E-state index contributed by atoms with van der Waals surface area (Å²) >= 11 is 11.8. The van der Waals surface area contributed by atoms with Crippen LogP contribution < -0.4 is 10.6 Å². The number of nitrogens with zero attached hydrogens (tertiary/aromatic N) is 1. The first kappa shape index (κ1) is 23.0. The molecule has 0 bridgehead atoms. The van der Waals surface area contributed by atoms with Crippen LogP contribution in [0.15, 0.2) is 36.4 Å². The molecule has 8 heteroatoms. The lowest BCUT2D eigenvalue weighted by atomic mass is 10.1. The van der Waals surface area contributed by atoms with Gasteiger partial charge in [-0.25, -0.2) is 9.18 Å². The van der Waals surface area contributed by atoms with E-state index in [1.807, 2.05) is 13.8 Å². The molecule has 0 aliphatic carbocycles. The average Bonchev–Trinajstić information content (AvgIpc) is 2.70. The molecule has 2 rings (SSSR count). The highest BCUT2D eigenvalue weighted by atomic mass is 35.5. The van der Waals surface area contributed by atoms with E-state index in [2.05, 4.69) is 10.6 Å². The van der Waals surface area contributed by atoms with Crippen LogP contribution in [-0.4, -0.2) is 29.9 Å². The molecule has 0 aliphatic rings. The van der Waals surface area contributed by atoms with E-state index in [9.17, 15) is 14.0 Å². The molecule has 0 heterocycles. The average molecular weight is 440 g/mol. The van der Waals surface area contributed by atoms with Crippen molar-refractivity contribution in [3.05, 3.63) is 69.0 Å². The Morgan fingerprint density at radius 3 is 2.28 bits per heavy atom. The maximum absolute atomic E-state index is 13.7. The number of hydrogen-bond donors (Lipinski definition) is 2. The summed E-state index contributed by atoms with van der Waals surface area (Å²) in [6.45, 7) is 7.15. The highest BCUT2D eigenvalue weighted by Crippen LogP contribution is 2.28. The molecule has 0 aromatic heterocycles. The summed E-state index contributed by atoms with van der Waals surface area (Å²) in [7, 11) is 0. The van der Waals surface area contributed by atoms with E-state index in [0.717, 1.165) is 5.56 Å². The molecule has 29 heavy (non-hydrogen) atoms. The third kappa shape index (κ3) is 6.08. The third-order valence-corrected chi connectivity index (χ3v) is 5.18. The molecule has 2 N–H and O–H groups in total. The van der Waals surface area contributed by atoms with Gasteiger partial charge in [0.15, 0.2) is 0 Å². The van der Waals surface area contributed by atoms with Crippen molar-refractivity contribution >= 4 is 35.1 Å². The minimum absolute atomic E-state index is 0.0202. The molecule has 156 valence electrons. The fourth-order valence-corrected chi connectivity index (χ4v) is 3.38. The molecule has 3 amide bonds. The summed E-state index contributed by atoms with van der Waals surface area (Å²) in [6, 6.07) is 8.67. The minimum Gasteiger partial charge on any atom is -0.339 e. The molecule has 0 spiro atoms. The van der Waals surface area contributed by atoms with Crippen LogP contribution in [-0.2, 0) is 6.54 Å². The lowest BCUT2D eigenvalue weighted by Crippen LogP contribution is -2.36. The van der Waals surface area contributed by atoms with Gasteiger partial charge in [-0.1, -0.05) is 35.3 Å². The van der Waals surface area contributed by atoms with Crippen LogP contribution in [0.3, 0.4) is 0 Å². The van der Waals surface area contributed by atoms with Gasteiger partial charge in [0.2, 0.25) is 0 Å². The molecule has 0 saturated carbocycles. The lowest BCUT2D eigenvalue weighted by Gasteiger charge is -2.19. The number of benzene rings is 2. The van der Waals surface area contributed by atoms with Gasteiger partial charge in [0, 0.05) is 30.2 Å². The zero-order valence-electron chi connectivity index (χ0n) is 16.6. The van der Waals surface area contributed by atoms with Crippen molar-refractivity contribution in [2.24, 2.45) is 0 Å². The number of halogens is 3. The van der Waals surface area contributed by atoms with Gasteiger partial charge in [0.25, 0.3) is 5.91 Å². The van der Waals surface area contributed by atoms with Gasteiger partial charge in [-0.2, -0.15) is 0 Å². The Morgan fingerprint density at radius 1 is 1.07 bits per heavy atom. The molecule has 0 radical (unpaired) electrons. The molecular formula is C21H24Cl2FN3O2. The number of rotatable bonds is 7. The summed E-state index contributed by atoms with van der Waals surface area (Å²) in [4.78, 5) is 26.2. The zero-order valence-corrected chi connectivity index (χ0v) is 18.1. The molecule has 1 atom stereocenters. The van der Waals surface area contributed by atoms with E-state index in [1.54, 1.807) is 36.1 Å². The predicted molar refractivity (Wildman–Crippen MR) is 114 cm³/mol. The van der Waals surface area contributed by atoms with E-state index in [1.165, 1.54) is 12.1 Å². The zero-order chi connectivity index (χ0) is 21.6. The normalized spacial score (nSPS) is 11.7. The monoisotopic (exact) mass is 439 g/mol. The van der Waals surface area contributed by atoms with Crippen molar-refractivity contribution in [3.8, 4) is 0 Å².